The summed E-state index contributed by atoms with van der Waals surface area (Å²) >= 11 is 1.84. The van der Waals surface area contributed by atoms with Crippen LogP contribution in [0, 0.1) is 0 Å². The smallest absolute Gasteiger partial charge is 0.166 e. The molecule has 5 nitrogen and oxygen atoms in total. The predicted molar refractivity (Wildman–Crippen MR) is 283 cm³/mol. The maximum atomic E-state index is 5.41. The molecule has 318 valence electrons. The summed E-state index contributed by atoms with van der Waals surface area (Å²) in [5, 5.41) is 4.88. The molecule has 0 radical (unpaired) electrons. The van der Waals surface area contributed by atoms with Crippen LogP contribution in [0.1, 0.15) is 0 Å². The summed E-state index contributed by atoms with van der Waals surface area (Å²) in [7, 11) is 0. The van der Waals surface area contributed by atoms with Crippen molar-refractivity contribution in [1.29, 1.82) is 0 Å². The molecule has 4 aromatic heterocycles. The predicted octanol–water partition coefficient (Wildman–Crippen LogP) is 16.4. The number of aromatic nitrogens is 5. The van der Waals surface area contributed by atoms with Gasteiger partial charge in [0.15, 0.2) is 17.5 Å². The van der Waals surface area contributed by atoms with E-state index in [9.17, 15) is 0 Å². The van der Waals surface area contributed by atoms with Gasteiger partial charge in [-0.25, -0.2) is 15.0 Å². The van der Waals surface area contributed by atoms with Gasteiger partial charge in [0.2, 0.25) is 0 Å². The summed E-state index contributed by atoms with van der Waals surface area (Å²) < 4.78 is 4.89. The van der Waals surface area contributed by atoms with Crippen molar-refractivity contribution < 1.29 is 0 Å². The number of rotatable bonds is 8. The molecule has 0 fully saturated rings. The Morgan fingerprint density at radius 3 is 1.47 bits per heavy atom. The highest BCUT2D eigenvalue weighted by atomic mass is 32.1. The molecule has 4 heterocycles. The van der Waals surface area contributed by atoms with E-state index in [1.54, 1.807) is 0 Å². The van der Waals surface area contributed by atoms with Crippen LogP contribution in [0.25, 0.3) is 126 Å². The number of pyridine rings is 1. The first kappa shape index (κ1) is 39.5. The lowest BCUT2D eigenvalue weighted by molar-refractivity contribution is 1.07. The van der Waals surface area contributed by atoms with E-state index in [0.717, 1.165) is 67.0 Å². The van der Waals surface area contributed by atoms with Gasteiger partial charge in [0.25, 0.3) is 0 Å². The van der Waals surface area contributed by atoms with Gasteiger partial charge in [-0.2, -0.15) is 0 Å². The van der Waals surface area contributed by atoms with Crippen LogP contribution in [0.2, 0.25) is 0 Å². The molecule has 13 aromatic rings. The second kappa shape index (κ2) is 16.5. The fourth-order valence-electron chi connectivity index (χ4n) is 9.62. The van der Waals surface area contributed by atoms with Gasteiger partial charge in [0, 0.05) is 65.9 Å². The molecule has 6 heteroatoms. The second-order valence-electron chi connectivity index (χ2n) is 17.0. The fraction of sp³-hybridized carbons (Fsp3) is 0. The molecular weight excluding hydrogens is 847 g/mol. The van der Waals surface area contributed by atoms with Crippen molar-refractivity contribution in [1.82, 2.24) is 24.5 Å². The molecule has 0 atom stereocenters. The minimum absolute atomic E-state index is 0.550. The molecule has 68 heavy (non-hydrogen) atoms. The Bertz CT molecular complexity index is 3880. The van der Waals surface area contributed by atoms with E-state index in [2.05, 4.69) is 174 Å². The normalized spacial score (nSPS) is 11.5. The van der Waals surface area contributed by atoms with Gasteiger partial charge in [0.05, 0.1) is 21.4 Å². The van der Waals surface area contributed by atoms with Crippen LogP contribution in [0.4, 0.5) is 0 Å². The van der Waals surface area contributed by atoms with Crippen LogP contribution in [-0.4, -0.2) is 24.5 Å². The van der Waals surface area contributed by atoms with Crippen molar-refractivity contribution in [3.63, 3.8) is 0 Å². The lowest BCUT2D eigenvalue weighted by Crippen LogP contribution is -2.02. The van der Waals surface area contributed by atoms with Crippen molar-refractivity contribution in [3.05, 3.63) is 237 Å². The Morgan fingerprint density at radius 2 is 0.853 bits per heavy atom. The second-order valence-corrected chi connectivity index (χ2v) is 18.1. The molecule has 0 amide bonds. The molecule has 0 unspecified atom stereocenters. The highest BCUT2D eigenvalue weighted by molar-refractivity contribution is 7.26. The topological polar surface area (TPSA) is 56.5 Å². The van der Waals surface area contributed by atoms with Gasteiger partial charge in [-0.15, -0.1) is 11.3 Å². The third-order valence-corrected chi connectivity index (χ3v) is 14.1. The summed E-state index contributed by atoms with van der Waals surface area (Å²) in [6.07, 6.45) is 2.01. The molecule has 13 rings (SSSR count). The van der Waals surface area contributed by atoms with E-state index in [0.29, 0.717) is 17.5 Å². The Kier molecular flexibility index (Phi) is 9.62. The zero-order valence-corrected chi connectivity index (χ0v) is 37.5. The monoisotopic (exact) mass is 885 g/mol. The van der Waals surface area contributed by atoms with Crippen LogP contribution in [0.3, 0.4) is 0 Å². The molecule has 0 aliphatic carbocycles. The number of hydrogen-bond acceptors (Lipinski definition) is 5. The summed E-state index contributed by atoms with van der Waals surface area (Å²) in [5.74, 6) is 1.75. The largest absolute Gasteiger partial charge is 0.308 e. The minimum Gasteiger partial charge on any atom is -0.308 e. The number of hydrogen-bond donors (Lipinski definition) is 0. The van der Waals surface area contributed by atoms with E-state index < -0.39 is 0 Å². The summed E-state index contributed by atoms with van der Waals surface area (Å²) in [6.45, 7) is 0. The number of fused-ring (bicyclic) bond motifs is 7. The Labute approximate surface area is 397 Å². The number of benzene rings is 9. The first-order chi connectivity index (χ1) is 33.7. The lowest BCUT2D eigenvalue weighted by atomic mass is 9.92. The maximum absolute atomic E-state index is 5.41. The molecule has 0 aliphatic rings. The number of para-hydroxylation sites is 2. The Balaban J connectivity index is 1.05. The van der Waals surface area contributed by atoms with Crippen molar-refractivity contribution >= 4 is 53.3 Å². The van der Waals surface area contributed by atoms with Gasteiger partial charge in [-0.05, 0) is 82.4 Å². The average molecular weight is 886 g/mol. The van der Waals surface area contributed by atoms with E-state index in [1.807, 2.05) is 78.2 Å². The standard InChI is InChI=1S/C62H39N5S/c1-6-18-40(19-7-1)45-34-46(41-20-8-2-9-21-41)36-47(35-45)48-38-54(62-65-60(42-22-10-3-11-23-42)64-61(66-62)43-24-12-4-13-25-43)57(63-39-48)44-30-33-56-53(37-44)52-32-31-51-50-28-16-17-29-55(50)67(58(51)59(52)68-56)49-26-14-5-15-27-49/h1-39H. The molecule has 0 aliphatic heterocycles. The quantitative estimate of drug-likeness (QED) is 0.153. The summed E-state index contributed by atoms with van der Waals surface area (Å²) in [4.78, 5) is 21.0. The van der Waals surface area contributed by atoms with Gasteiger partial charge >= 0.3 is 0 Å². The Hall–Kier alpha value is -8.84. The van der Waals surface area contributed by atoms with Gasteiger partial charge in [0.1, 0.15) is 0 Å². The third-order valence-electron chi connectivity index (χ3n) is 12.9. The zero-order valence-electron chi connectivity index (χ0n) is 36.7. The van der Waals surface area contributed by atoms with Crippen molar-refractivity contribution in [2.45, 2.75) is 0 Å². The molecule has 0 saturated carbocycles. The van der Waals surface area contributed by atoms with Crippen LogP contribution in [0.5, 0.6) is 0 Å². The molecular formula is C62H39N5S. The highest BCUT2D eigenvalue weighted by Crippen LogP contribution is 2.45. The van der Waals surface area contributed by atoms with E-state index in [1.165, 1.54) is 42.0 Å². The van der Waals surface area contributed by atoms with Crippen molar-refractivity contribution in [2.24, 2.45) is 0 Å². The van der Waals surface area contributed by atoms with E-state index >= 15 is 0 Å². The summed E-state index contributed by atoms with van der Waals surface area (Å²) in [6, 6.07) is 81.2. The average Bonchev–Trinajstić information content (AvgIpc) is 3.97. The number of nitrogens with zero attached hydrogens (tertiary/aromatic N) is 5. The maximum Gasteiger partial charge on any atom is 0.166 e. The van der Waals surface area contributed by atoms with Gasteiger partial charge in [-0.3, -0.25) is 4.98 Å². The molecule has 0 spiro atoms. The van der Waals surface area contributed by atoms with Crippen LogP contribution >= 0.6 is 11.3 Å². The first-order valence-electron chi connectivity index (χ1n) is 22.8. The van der Waals surface area contributed by atoms with Crippen LogP contribution in [0.15, 0.2) is 237 Å². The van der Waals surface area contributed by atoms with Crippen LogP contribution < -0.4 is 0 Å². The van der Waals surface area contributed by atoms with Crippen molar-refractivity contribution in [2.75, 3.05) is 0 Å². The lowest BCUT2D eigenvalue weighted by Gasteiger charge is -2.15. The van der Waals surface area contributed by atoms with Crippen molar-refractivity contribution in [3.8, 4) is 84.5 Å². The van der Waals surface area contributed by atoms with Gasteiger partial charge in [-0.1, -0.05) is 176 Å². The van der Waals surface area contributed by atoms with E-state index in [-0.39, 0.29) is 0 Å². The highest BCUT2D eigenvalue weighted by Gasteiger charge is 2.22. The summed E-state index contributed by atoms with van der Waals surface area (Å²) in [5.41, 5.74) is 14.5. The van der Waals surface area contributed by atoms with Crippen LogP contribution in [-0.2, 0) is 0 Å². The molecule has 0 bridgehead atoms. The molecule has 9 aromatic carbocycles. The Morgan fingerprint density at radius 1 is 0.338 bits per heavy atom. The molecule has 0 saturated heterocycles. The first-order valence-corrected chi connectivity index (χ1v) is 23.6. The SMILES string of the molecule is c1ccc(-c2cc(-c3ccccc3)cc(-c3cnc(-c4ccc5sc6c(ccc7c8ccccc8n(-c8ccccc8)c76)c5c4)c(-c4nc(-c5ccccc5)nc(-c5ccccc5)n4)c3)c2)cc1. The zero-order chi connectivity index (χ0) is 45.0. The number of thiophene rings is 1. The third kappa shape index (κ3) is 6.94. The fourth-order valence-corrected chi connectivity index (χ4v) is 10.8. The minimum atomic E-state index is 0.550. The van der Waals surface area contributed by atoms with E-state index in [4.69, 9.17) is 19.9 Å². The van der Waals surface area contributed by atoms with Gasteiger partial charge < -0.3 is 4.57 Å². The molecule has 0 N–H and O–H groups in total.